The van der Waals surface area contributed by atoms with Gasteiger partial charge in [-0.25, -0.2) is 24.6 Å². The normalized spacial score (nSPS) is 31.8. The van der Waals surface area contributed by atoms with E-state index in [1.54, 1.807) is 13.0 Å². The van der Waals surface area contributed by atoms with Gasteiger partial charge in [0.25, 0.3) is 0 Å². The predicted octanol–water partition coefficient (Wildman–Crippen LogP) is 1.11. The summed E-state index contributed by atoms with van der Waals surface area (Å²) >= 11 is 0. The van der Waals surface area contributed by atoms with Crippen molar-refractivity contribution in [3.63, 3.8) is 0 Å². The number of esters is 1. The van der Waals surface area contributed by atoms with Crippen LogP contribution in [0.3, 0.4) is 0 Å². The van der Waals surface area contributed by atoms with Crippen LogP contribution in [0.15, 0.2) is 36.4 Å². The molecule has 0 spiro atoms. The number of piperazine rings is 2. The van der Waals surface area contributed by atoms with Gasteiger partial charge in [-0.1, -0.05) is 12.1 Å². The van der Waals surface area contributed by atoms with Crippen LogP contribution < -0.4 is 0 Å². The zero-order valence-electron chi connectivity index (χ0n) is 20.6. The second-order valence-electron chi connectivity index (χ2n) is 10.6. The third-order valence-corrected chi connectivity index (χ3v) is 8.79. The average Bonchev–Trinajstić information content (AvgIpc) is 3.42. The maximum atomic E-state index is 12.1. The van der Waals surface area contributed by atoms with Crippen LogP contribution in [0.1, 0.15) is 39.3 Å². The van der Waals surface area contributed by atoms with Crippen molar-refractivity contribution >= 4 is 11.8 Å². The second-order valence-corrected chi connectivity index (χ2v) is 10.6. The van der Waals surface area contributed by atoms with Gasteiger partial charge in [-0.3, -0.25) is 13.8 Å². The molecule has 4 unspecified atom stereocenters. The van der Waals surface area contributed by atoms with Crippen molar-refractivity contribution in [2.75, 3.05) is 59.5 Å². The van der Waals surface area contributed by atoms with Crippen molar-refractivity contribution < 1.29 is 23.3 Å². The molecule has 4 fully saturated rings. The Morgan fingerprint density at radius 1 is 0.829 bits per heavy atom. The molecule has 0 N–H and O–H groups in total. The molecule has 0 saturated carbocycles. The first-order valence-electron chi connectivity index (χ1n) is 12.6. The Kier molecular flexibility index (Phi) is 5.48. The van der Waals surface area contributed by atoms with E-state index in [0.717, 1.165) is 85.8 Å². The van der Waals surface area contributed by atoms with Crippen LogP contribution in [0.2, 0.25) is 0 Å². The number of ketones is 1. The first kappa shape index (κ1) is 22.7. The fourth-order valence-electron chi connectivity index (χ4n) is 7.15. The summed E-state index contributed by atoms with van der Waals surface area (Å²) in [5.74, 6) is -0.366. The zero-order chi connectivity index (χ0) is 24.2. The molecule has 9 heteroatoms. The average molecular weight is 479 g/mol. The smallest absolute Gasteiger partial charge is 0.356 e. The van der Waals surface area contributed by atoms with Crippen LogP contribution in [0, 0.1) is 0 Å². The van der Waals surface area contributed by atoms with E-state index in [1.165, 1.54) is 7.11 Å². The molecule has 6 rings (SSSR count). The van der Waals surface area contributed by atoms with E-state index in [4.69, 9.17) is 9.72 Å². The molecule has 184 valence electrons. The van der Waals surface area contributed by atoms with E-state index in [2.05, 4.69) is 20.9 Å². The minimum absolute atomic E-state index is 0.0190. The fourth-order valence-corrected chi connectivity index (χ4v) is 7.15. The van der Waals surface area contributed by atoms with Crippen LogP contribution in [0.4, 0.5) is 0 Å². The van der Waals surface area contributed by atoms with Crippen LogP contribution in [-0.2, 0) is 17.8 Å². The van der Waals surface area contributed by atoms with Crippen molar-refractivity contribution in [3.05, 3.63) is 59.2 Å². The van der Waals surface area contributed by atoms with Crippen molar-refractivity contribution in [1.82, 2.24) is 19.8 Å². The van der Waals surface area contributed by atoms with Gasteiger partial charge in [0.1, 0.15) is 24.5 Å². The number of nitrogens with zero attached hydrogens (tertiary/aromatic N) is 6. The van der Waals surface area contributed by atoms with Crippen molar-refractivity contribution in [2.24, 2.45) is 0 Å². The number of carbonyl (C=O) groups excluding carboxylic acids is 2. The molecule has 35 heavy (non-hydrogen) atoms. The largest absolute Gasteiger partial charge is 0.464 e. The van der Waals surface area contributed by atoms with Crippen LogP contribution in [0.25, 0.3) is 0 Å². The van der Waals surface area contributed by atoms with E-state index in [0.29, 0.717) is 23.7 Å². The Bertz CT molecular complexity index is 1170. The van der Waals surface area contributed by atoms with Gasteiger partial charge in [0.15, 0.2) is 5.78 Å². The number of aromatic nitrogens is 2. The number of carbonyl (C=O) groups is 2. The molecular weight excluding hydrogens is 444 g/mol. The highest BCUT2D eigenvalue weighted by molar-refractivity contribution is 5.92. The van der Waals surface area contributed by atoms with Crippen LogP contribution in [-0.4, -0.2) is 112 Å². The minimum atomic E-state index is -0.385. The SMILES string of the molecule is COC(=O)c1cccc(C[N+]23CCN4CC[N+]5(Cc6cccc(C(C)=O)n6)CCN(CC2)C3C45)n1. The summed E-state index contributed by atoms with van der Waals surface area (Å²) in [4.78, 5) is 38.8. The number of pyridine rings is 2. The van der Waals surface area contributed by atoms with E-state index in [9.17, 15) is 9.59 Å². The molecule has 0 aliphatic carbocycles. The first-order chi connectivity index (χ1) is 16.9. The summed E-state index contributed by atoms with van der Waals surface area (Å²) < 4.78 is 6.92. The van der Waals surface area contributed by atoms with E-state index in [1.807, 2.05) is 24.3 Å². The van der Waals surface area contributed by atoms with Crippen molar-refractivity contribution in [2.45, 2.75) is 32.3 Å². The molecule has 4 aliphatic rings. The Labute approximate surface area is 206 Å². The monoisotopic (exact) mass is 478 g/mol. The molecule has 2 aromatic rings. The summed E-state index contributed by atoms with van der Waals surface area (Å²) in [5, 5.41) is 0. The zero-order valence-corrected chi connectivity index (χ0v) is 20.6. The number of ether oxygens (including phenoxy) is 1. The molecule has 4 saturated heterocycles. The molecule has 0 bridgehead atoms. The van der Waals surface area contributed by atoms with Gasteiger partial charge < -0.3 is 4.74 Å². The minimum Gasteiger partial charge on any atom is -0.464 e. The van der Waals surface area contributed by atoms with Crippen molar-refractivity contribution in [3.8, 4) is 0 Å². The van der Waals surface area contributed by atoms with Gasteiger partial charge in [-0.2, -0.15) is 0 Å². The van der Waals surface area contributed by atoms with Crippen LogP contribution in [0.5, 0.6) is 0 Å². The maximum Gasteiger partial charge on any atom is 0.356 e. The number of quaternary nitrogens is 2. The number of Topliss-reactive ketones (excluding diaryl/α,β-unsaturated/α-hetero) is 1. The highest BCUT2D eigenvalue weighted by atomic mass is 16.5. The van der Waals surface area contributed by atoms with E-state index < -0.39 is 0 Å². The number of rotatable bonds is 6. The molecule has 2 aromatic heterocycles. The molecule has 6 heterocycles. The van der Waals surface area contributed by atoms with Crippen molar-refractivity contribution in [1.29, 1.82) is 0 Å². The summed E-state index contributed by atoms with van der Waals surface area (Å²) in [7, 11) is 1.40. The Balaban J connectivity index is 1.32. The lowest BCUT2D eigenvalue weighted by molar-refractivity contribution is -1.04. The molecular formula is C26H34N6O3+2. The van der Waals surface area contributed by atoms with Gasteiger partial charge in [0.2, 0.25) is 12.3 Å². The Morgan fingerprint density at radius 2 is 1.29 bits per heavy atom. The lowest BCUT2D eigenvalue weighted by Crippen LogP contribution is -2.77. The van der Waals surface area contributed by atoms with E-state index in [-0.39, 0.29) is 11.8 Å². The lowest BCUT2D eigenvalue weighted by Gasteiger charge is -2.56. The second kappa shape index (κ2) is 8.44. The summed E-state index contributed by atoms with van der Waals surface area (Å²) in [5.41, 5.74) is 2.91. The Morgan fingerprint density at radius 3 is 1.74 bits per heavy atom. The highest BCUT2D eigenvalue weighted by Gasteiger charge is 2.67. The summed E-state index contributed by atoms with van der Waals surface area (Å²) in [6.07, 6.45) is 0.811. The lowest BCUT2D eigenvalue weighted by atomic mass is 10.0. The summed E-state index contributed by atoms with van der Waals surface area (Å²) in [6.45, 7) is 12.1. The third kappa shape index (κ3) is 3.69. The third-order valence-electron chi connectivity index (χ3n) is 8.79. The number of hydrogen-bond acceptors (Lipinski definition) is 7. The molecule has 4 aliphatic heterocycles. The first-order valence-corrected chi connectivity index (χ1v) is 12.6. The molecule has 0 aromatic carbocycles. The van der Waals surface area contributed by atoms with Gasteiger partial charge >= 0.3 is 5.97 Å². The predicted molar refractivity (Wildman–Crippen MR) is 128 cm³/mol. The molecule has 0 amide bonds. The topological polar surface area (TPSA) is 75.6 Å². The number of hydrogen-bond donors (Lipinski definition) is 0. The fraction of sp³-hybridized carbons (Fsp3) is 0.538. The van der Waals surface area contributed by atoms with Gasteiger partial charge in [-0.05, 0) is 24.3 Å². The summed E-state index contributed by atoms with van der Waals surface area (Å²) in [6, 6.07) is 11.6. The standard InChI is InChI=1S/C26H34N6O3/c1-19(33)22-7-3-5-20(27-22)17-31-13-9-29-11-15-32(16-12-30(10-14-31)25(32)24(29)31)18-21-6-4-8-23(28-21)26(34)35-2/h3-8,24-25H,9-18H2,1-2H3/q+2. The molecule has 4 atom stereocenters. The van der Waals surface area contributed by atoms with Gasteiger partial charge in [0.05, 0.1) is 70.9 Å². The number of methoxy groups -OCH3 is 1. The highest BCUT2D eigenvalue weighted by Crippen LogP contribution is 2.44. The van der Waals surface area contributed by atoms with Gasteiger partial charge in [-0.15, -0.1) is 0 Å². The Hall–Kier alpha value is -2.72. The quantitative estimate of drug-likeness (QED) is 0.350. The van der Waals surface area contributed by atoms with E-state index >= 15 is 0 Å². The maximum absolute atomic E-state index is 12.1. The van der Waals surface area contributed by atoms with Crippen LogP contribution >= 0.6 is 0 Å². The van der Waals surface area contributed by atoms with Gasteiger partial charge in [0, 0.05) is 6.92 Å². The molecule has 9 nitrogen and oxygen atoms in total. The molecule has 0 radical (unpaired) electrons.